The number of carbonyl (C=O) groups is 1. The third kappa shape index (κ3) is 3.98. The van der Waals surface area contributed by atoms with Gasteiger partial charge >= 0.3 is 0 Å². The molecular weight excluding hydrogens is 242 g/mol. The van der Waals surface area contributed by atoms with E-state index in [-0.39, 0.29) is 18.3 Å². The van der Waals surface area contributed by atoms with Gasteiger partial charge in [0.1, 0.15) is 12.7 Å². The highest BCUT2D eigenvalue weighted by Gasteiger charge is 2.19. The van der Waals surface area contributed by atoms with E-state index in [2.05, 4.69) is 22.3 Å². The molecule has 2 heterocycles. The molecule has 1 amide bonds. The predicted molar refractivity (Wildman–Crippen MR) is 65.9 cm³/mol. The minimum absolute atomic E-state index is 0. The van der Waals surface area contributed by atoms with Crippen LogP contribution in [0.15, 0.2) is 12.7 Å². The minimum atomic E-state index is 0. The first-order chi connectivity index (χ1) is 7.75. The highest BCUT2D eigenvalue weighted by atomic mass is 35.5. The highest BCUT2D eigenvalue weighted by Crippen LogP contribution is 2.02. The van der Waals surface area contributed by atoms with Gasteiger partial charge in [-0.15, -0.1) is 12.4 Å². The lowest BCUT2D eigenvalue weighted by Crippen LogP contribution is -2.51. The van der Waals surface area contributed by atoms with Crippen molar-refractivity contribution in [1.82, 2.24) is 25.0 Å². The molecule has 0 aliphatic carbocycles. The van der Waals surface area contributed by atoms with Gasteiger partial charge < -0.3 is 10.2 Å². The molecule has 1 fully saturated rings. The maximum atomic E-state index is 11.9. The topological polar surface area (TPSA) is 63.1 Å². The number of amides is 1. The zero-order chi connectivity index (χ0) is 11.4. The molecule has 7 heteroatoms. The van der Waals surface area contributed by atoms with E-state index in [9.17, 15) is 4.79 Å². The zero-order valence-corrected chi connectivity index (χ0v) is 10.7. The fraction of sp³-hybridized carbons (Fsp3) is 0.700. The molecule has 96 valence electrons. The second-order valence-corrected chi connectivity index (χ2v) is 4.10. The van der Waals surface area contributed by atoms with Crippen LogP contribution in [0.25, 0.3) is 0 Å². The van der Waals surface area contributed by atoms with Crippen molar-refractivity contribution in [3.8, 4) is 0 Å². The summed E-state index contributed by atoms with van der Waals surface area (Å²) in [6.45, 7) is 5.20. The molecule has 6 nitrogen and oxygen atoms in total. The van der Waals surface area contributed by atoms with Gasteiger partial charge in [0, 0.05) is 32.1 Å². The Kier molecular flexibility index (Phi) is 5.37. The number of hydrogen-bond acceptors (Lipinski definition) is 4. The van der Waals surface area contributed by atoms with Gasteiger partial charge in [-0.3, -0.25) is 9.48 Å². The van der Waals surface area contributed by atoms with Crippen LogP contribution in [0.2, 0.25) is 0 Å². The number of halogens is 1. The Hall–Kier alpha value is -1.14. The molecular formula is C10H18ClN5O. The van der Waals surface area contributed by atoms with Crippen molar-refractivity contribution in [2.24, 2.45) is 0 Å². The number of aromatic nitrogens is 3. The van der Waals surface area contributed by atoms with E-state index < -0.39 is 0 Å². The molecule has 1 aliphatic rings. The van der Waals surface area contributed by atoms with E-state index in [0.717, 1.165) is 19.6 Å². The Morgan fingerprint density at radius 2 is 2.41 bits per heavy atom. The number of nitrogens with one attached hydrogen (secondary N) is 1. The van der Waals surface area contributed by atoms with E-state index >= 15 is 0 Å². The molecule has 1 N–H and O–H groups in total. The molecule has 0 spiro atoms. The van der Waals surface area contributed by atoms with Gasteiger partial charge in [-0.05, 0) is 6.92 Å². The summed E-state index contributed by atoms with van der Waals surface area (Å²) in [4.78, 5) is 17.6. The van der Waals surface area contributed by atoms with Gasteiger partial charge in [0.05, 0.1) is 6.54 Å². The third-order valence-electron chi connectivity index (χ3n) is 2.74. The van der Waals surface area contributed by atoms with E-state index in [0.29, 0.717) is 19.0 Å². The summed E-state index contributed by atoms with van der Waals surface area (Å²) in [5.74, 6) is 0.198. The molecule has 1 aliphatic heterocycles. The van der Waals surface area contributed by atoms with Crippen LogP contribution in [0, 0.1) is 0 Å². The van der Waals surface area contributed by atoms with E-state index in [1.54, 1.807) is 11.0 Å². The largest absolute Gasteiger partial charge is 0.340 e. The molecule has 0 radical (unpaired) electrons. The van der Waals surface area contributed by atoms with Gasteiger partial charge in [-0.25, -0.2) is 4.98 Å². The van der Waals surface area contributed by atoms with Gasteiger partial charge in [0.15, 0.2) is 0 Å². The maximum absolute atomic E-state index is 11.9. The predicted octanol–water partition coefficient (Wildman–Crippen LogP) is -0.0897. The lowest BCUT2D eigenvalue weighted by Gasteiger charge is -2.31. The first-order valence-corrected chi connectivity index (χ1v) is 5.59. The van der Waals surface area contributed by atoms with Crippen molar-refractivity contribution in [3.63, 3.8) is 0 Å². The average molecular weight is 260 g/mol. The van der Waals surface area contributed by atoms with Gasteiger partial charge in [0.2, 0.25) is 5.91 Å². The monoisotopic (exact) mass is 259 g/mol. The number of nitrogens with zero attached hydrogens (tertiary/aromatic N) is 4. The lowest BCUT2D eigenvalue weighted by molar-refractivity contribution is -0.132. The first kappa shape index (κ1) is 13.9. The number of rotatable bonds is 3. The second-order valence-electron chi connectivity index (χ2n) is 4.10. The van der Waals surface area contributed by atoms with Crippen LogP contribution in [-0.2, 0) is 11.3 Å². The van der Waals surface area contributed by atoms with Gasteiger partial charge in [-0.2, -0.15) is 5.10 Å². The molecule has 1 aromatic rings. The van der Waals surface area contributed by atoms with Crippen molar-refractivity contribution < 1.29 is 4.79 Å². The average Bonchev–Trinajstić information content (AvgIpc) is 2.78. The first-order valence-electron chi connectivity index (χ1n) is 5.59. The summed E-state index contributed by atoms with van der Waals surface area (Å²) in [5, 5.41) is 7.29. The van der Waals surface area contributed by atoms with Crippen LogP contribution in [0.5, 0.6) is 0 Å². The Labute approximate surface area is 107 Å². The van der Waals surface area contributed by atoms with Crippen molar-refractivity contribution in [3.05, 3.63) is 12.7 Å². The van der Waals surface area contributed by atoms with Gasteiger partial charge in [0.25, 0.3) is 0 Å². The number of piperazine rings is 1. The molecule has 0 bridgehead atoms. The summed E-state index contributed by atoms with van der Waals surface area (Å²) in [5.41, 5.74) is 0. The number of hydrogen-bond donors (Lipinski definition) is 1. The quantitative estimate of drug-likeness (QED) is 0.824. The molecule has 1 unspecified atom stereocenters. The Bertz CT molecular complexity index is 342. The standard InChI is InChI=1S/C10H17N5O.ClH/c1-9-6-14(5-3-12-9)10(16)2-4-15-8-11-7-13-15;/h7-9,12H,2-6H2,1H3;1H. The Balaban J connectivity index is 0.00000144. The van der Waals surface area contributed by atoms with Crippen molar-refractivity contribution >= 4 is 18.3 Å². The zero-order valence-electron chi connectivity index (χ0n) is 9.87. The van der Waals surface area contributed by atoms with Crippen molar-refractivity contribution in [2.45, 2.75) is 25.9 Å². The van der Waals surface area contributed by atoms with Crippen LogP contribution < -0.4 is 5.32 Å². The van der Waals surface area contributed by atoms with E-state index in [4.69, 9.17) is 0 Å². The van der Waals surface area contributed by atoms with Crippen LogP contribution >= 0.6 is 12.4 Å². The molecule has 1 saturated heterocycles. The smallest absolute Gasteiger partial charge is 0.224 e. The van der Waals surface area contributed by atoms with E-state index in [1.165, 1.54) is 6.33 Å². The summed E-state index contributed by atoms with van der Waals surface area (Å²) < 4.78 is 1.68. The summed E-state index contributed by atoms with van der Waals surface area (Å²) in [6, 6.07) is 0.393. The SMILES string of the molecule is CC1CN(C(=O)CCn2cncn2)CCN1.Cl. The van der Waals surface area contributed by atoms with E-state index in [1.807, 2.05) is 4.90 Å². The van der Waals surface area contributed by atoms with Crippen LogP contribution in [-0.4, -0.2) is 51.2 Å². The third-order valence-corrected chi connectivity index (χ3v) is 2.74. The second kappa shape index (κ2) is 6.56. The molecule has 2 rings (SSSR count). The van der Waals surface area contributed by atoms with Gasteiger partial charge in [-0.1, -0.05) is 0 Å². The summed E-state index contributed by atoms with van der Waals surface area (Å²) >= 11 is 0. The molecule has 1 aromatic heterocycles. The molecule has 0 saturated carbocycles. The number of carbonyl (C=O) groups excluding carboxylic acids is 1. The maximum Gasteiger partial charge on any atom is 0.224 e. The van der Waals surface area contributed by atoms with Crippen molar-refractivity contribution in [2.75, 3.05) is 19.6 Å². The van der Waals surface area contributed by atoms with Crippen molar-refractivity contribution in [1.29, 1.82) is 0 Å². The molecule has 17 heavy (non-hydrogen) atoms. The van der Waals surface area contributed by atoms with Crippen LogP contribution in [0.3, 0.4) is 0 Å². The molecule has 0 aromatic carbocycles. The lowest BCUT2D eigenvalue weighted by atomic mass is 10.2. The van der Waals surface area contributed by atoms with Crippen LogP contribution in [0.4, 0.5) is 0 Å². The fourth-order valence-corrected chi connectivity index (χ4v) is 1.88. The summed E-state index contributed by atoms with van der Waals surface area (Å²) in [7, 11) is 0. The van der Waals surface area contributed by atoms with Crippen LogP contribution in [0.1, 0.15) is 13.3 Å². The minimum Gasteiger partial charge on any atom is -0.340 e. The fourth-order valence-electron chi connectivity index (χ4n) is 1.88. The number of aryl methyl sites for hydroxylation is 1. The normalized spacial score (nSPS) is 19.8. The Morgan fingerprint density at radius 3 is 3.06 bits per heavy atom. The Morgan fingerprint density at radius 1 is 1.59 bits per heavy atom. The molecule has 1 atom stereocenters. The highest BCUT2D eigenvalue weighted by molar-refractivity contribution is 5.85. The summed E-state index contributed by atoms with van der Waals surface area (Å²) in [6.07, 6.45) is 3.61.